The second kappa shape index (κ2) is 3.17. The number of nitrogens with one attached hydrogen (secondary N) is 1. The molecule has 0 unspecified atom stereocenters. The van der Waals surface area contributed by atoms with E-state index in [9.17, 15) is 10.1 Å². The quantitative estimate of drug-likeness (QED) is 0.532. The van der Waals surface area contributed by atoms with Gasteiger partial charge in [-0.1, -0.05) is 11.5 Å². The van der Waals surface area contributed by atoms with Crippen molar-refractivity contribution in [1.82, 2.24) is 4.98 Å². The minimum absolute atomic E-state index is 0.267. The maximum absolute atomic E-state index is 10.0. The molecule has 0 radical (unpaired) electrons. The predicted octanol–water partition coefficient (Wildman–Crippen LogP) is 1.30. The van der Waals surface area contributed by atoms with Crippen LogP contribution in [-0.4, -0.2) is 10.0 Å². The van der Waals surface area contributed by atoms with E-state index in [2.05, 4.69) is 4.98 Å². The third kappa shape index (κ3) is 1.91. The highest BCUT2D eigenvalue weighted by atomic mass is 16.7. The smallest absolute Gasteiger partial charge is 0.190 e. The average molecular weight is 167 g/mol. The molecule has 1 N–H and O–H groups in total. The second-order valence-electron chi connectivity index (χ2n) is 2.47. The van der Waals surface area contributed by atoms with Gasteiger partial charge in [-0.2, -0.15) is 0 Å². The van der Waals surface area contributed by atoms with Crippen LogP contribution in [0.4, 0.5) is 5.82 Å². The molecule has 1 aromatic rings. The van der Waals surface area contributed by atoms with Gasteiger partial charge in [-0.3, -0.25) is 0 Å². The van der Waals surface area contributed by atoms with Crippen molar-refractivity contribution in [2.45, 2.75) is 13.8 Å². The number of rotatable bonds is 2. The molecule has 0 aliphatic rings. The van der Waals surface area contributed by atoms with Crippen LogP contribution in [0.5, 0.6) is 0 Å². The third-order valence-corrected chi connectivity index (χ3v) is 1.56. The number of aryl methyl sites for hydroxylation is 2. The van der Waals surface area contributed by atoms with Crippen LogP contribution in [0.1, 0.15) is 11.3 Å². The normalized spacial score (nSPS) is 9.50. The van der Waals surface area contributed by atoms with E-state index >= 15 is 0 Å². The number of nitro groups is 1. The molecule has 0 saturated carbocycles. The van der Waals surface area contributed by atoms with Gasteiger partial charge >= 0.3 is 0 Å². The van der Waals surface area contributed by atoms with Crippen molar-refractivity contribution < 1.29 is 5.03 Å². The molecular weight excluding hydrogens is 158 g/mol. The van der Waals surface area contributed by atoms with Crippen molar-refractivity contribution in [3.05, 3.63) is 33.5 Å². The number of nitrogens with zero attached hydrogens (tertiary/aromatic N) is 2. The zero-order valence-corrected chi connectivity index (χ0v) is 6.87. The van der Waals surface area contributed by atoms with E-state index in [-0.39, 0.29) is 5.82 Å². The van der Waals surface area contributed by atoms with Gasteiger partial charge in [0.15, 0.2) is 10.9 Å². The maximum atomic E-state index is 10.0. The van der Waals surface area contributed by atoms with Gasteiger partial charge in [-0.05, 0) is 25.5 Å². The number of aromatic nitrogens is 1. The number of pyridine rings is 1. The van der Waals surface area contributed by atoms with Crippen LogP contribution in [0.2, 0.25) is 0 Å². The Morgan fingerprint density at radius 3 is 2.67 bits per heavy atom. The summed E-state index contributed by atoms with van der Waals surface area (Å²) in [5.41, 5.74) is 3.79. The van der Waals surface area contributed by atoms with Crippen LogP contribution >= 0.6 is 0 Å². The minimum atomic E-state index is -0.628. The molecule has 0 fully saturated rings. The Hall–Kier alpha value is -1.65. The fourth-order valence-corrected chi connectivity index (χ4v) is 0.786. The van der Waals surface area contributed by atoms with Crippen molar-refractivity contribution in [3.8, 4) is 0 Å². The highest BCUT2D eigenvalue weighted by Gasteiger charge is 2.01. The standard InChI is InChI=1S/C7H9N3O2/c1-5-3-4-7(8-6(5)2)9-10(11)12/h3-4H,1-2H3,(H,8,9). The molecule has 1 aromatic heterocycles. The Balaban J connectivity index is 2.89. The molecule has 0 aliphatic carbocycles. The minimum Gasteiger partial charge on any atom is -0.234 e. The lowest BCUT2D eigenvalue weighted by Crippen LogP contribution is -2.09. The summed E-state index contributed by atoms with van der Waals surface area (Å²) in [5, 5.41) is 9.39. The van der Waals surface area contributed by atoms with Gasteiger partial charge in [0.05, 0.1) is 0 Å². The Morgan fingerprint density at radius 1 is 1.50 bits per heavy atom. The Bertz CT molecular complexity index is 312. The lowest BCUT2D eigenvalue weighted by Gasteiger charge is -2.00. The van der Waals surface area contributed by atoms with E-state index in [1.54, 1.807) is 19.1 Å². The largest absolute Gasteiger partial charge is 0.234 e. The molecule has 0 bridgehead atoms. The monoisotopic (exact) mass is 167 g/mol. The third-order valence-electron chi connectivity index (χ3n) is 1.56. The number of hydrogen-bond acceptors (Lipinski definition) is 3. The topological polar surface area (TPSA) is 68.1 Å². The fraction of sp³-hybridized carbons (Fsp3) is 0.286. The van der Waals surface area contributed by atoms with Crippen LogP contribution in [-0.2, 0) is 0 Å². The first kappa shape index (κ1) is 8.45. The van der Waals surface area contributed by atoms with Crippen LogP contribution in [0.25, 0.3) is 0 Å². The summed E-state index contributed by atoms with van der Waals surface area (Å²) in [5.74, 6) is 0.267. The molecule has 5 heteroatoms. The van der Waals surface area contributed by atoms with Crippen LogP contribution in [0, 0.1) is 24.0 Å². The zero-order chi connectivity index (χ0) is 9.14. The summed E-state index contributed by atoms with van der Waals surface area (Å²) in [6, 6.07) is 3.36. The highest BCUT2D eigenvalue weighted by molar-refractivity contribution is 5.35. The Morgan fingerprint density at radius 2 is 2.17 bits per heavy atom. The van der Waals surface area contributed by atoms with Crippen LogP contribution in [0.15, 0.2) is 12.1 Å². The lowest BCUT2D eigenvalue weighted by molar-refractivity contribution is -0.445. The van der Waals surface area contributed by atoms with Crippen molar-refractivity contribution in [1.29, 1.82) is 0 Å². The van der Waals surface area contributed by atoms with E-state index in [0.29, 0.717) is 0 Å². The molecule has 0 aromatic carbocycles. The van der Waals surface area contributed by atoms with E-state index in [1.165, 1.54) is 0 Å². The molecule has 0 saturated heterocycles. The van der Waals surface area contributed by atoms with E-state index < -0.39 is 5.03 Å². The van der Waals surface area contributed by atoms with Crippen molar-refractivity contribution in [2.75, 3.05) is 5.43 Å². The molecule has 64 valence electrons. The first-order valence-electron chi connectivity index (χ1n) is 3.45. The first-order chi connectivity index (χ1) is 5.59. The maximum Gasteiger partial charge on any atom is 0.190 e. The Kier molecular flexibility index (Phi) is 2.23. The van der Waals surface area contributed by atoms with Gasteiger partial charge in [-0.15, -0.1) is 0 Å². The zero-order valence-electron chi connectivity index (χ0n) is 6.87. The summed E-state index contributed by atoms with van der Waals surface area (Å²) >= 11 is 0. The summed E-state index contributed by atoms with van der Waals surface area (Å²) in [4.78, 5) is 14.0. The molecule has 0 aliphatic heterocycles. The SMILES string of the molecule is Cc1ccc(N[N+](=O)[O-])nc1C. The summed E-state index contributed by atoms with van der Waals surface area (Å²) < 4.78 is 0. The molecular formula is C7H9N3O2. The number of hydrogen-bond donors (Lipinski definition) is 1. The predicted molar refractivity (Wildman–Crippen MR) is 44.3 cm³/mol. The van der Waals surface area contributed by atoms with Crippen molar-refractivity contribution in [3.63, 3.8) is 0 Å². The average Bonchev–Trinajstić information content (AvgIpc) is 1.96. The number of anilines is 1. The molecule has 0 atom stereocenters. The number of hydrazine groups is 1. The summed E-state index contributed by atoms with van der Waals surface area (Å²) in [6.45, 7) is 3.71. The van der Waals surface area contributed by atoms with Gasteiger partial charge in [0.25, 0.3) is 0 Å². The molecule has 1 heterocycles. The van der Waals surface area contributed by atoms with Gasteiger partial charge in [0.1, 0.15) is 0 Å². The van der Waals surface area contributed by atoms with Gasteiger partial charge < -0.3 is 0 Å². The summed E-state index contributed by atoms with van der Waals surface area (Å²) in [7, 11) is 0. The second-order valence-corrected chi connectivity index (χ2v) is 2.47. The van der Waals surface area contributed by atoms with Gasteiger partial charge in [-0.25, -0.2) is 15.1 Å². The van der Waals surface area contributed by atoms with Crippen molar-refractivity contribution >= 4 is 5.82 Å². The Labute approximate surface area is 69.6 Å². The molecule has 12 heavy (non-hydrogen) atoms. The lowest BCUT2D eigenvalue weighted by atomic mass is 10.2. The van der Waals surface area contributed by atoms with Gasteiger partial charge in [0.2, 0.25) is 0 Å². The van der Waals surface area contributed by atoms with Crippen LogP contribution in [0.3, 0.4) is 0 Å². The van der Waals surface area contributed by atoms with E-state index in [0.717, 1.165) is 11.3 Å². The summed E-state index contributed by atoms with van der Waals surface area (Å²) in [6.07, 6.45) is 0. The van der Waals surface area contributed by atoms with Gasteiger partial charge in [0, 0.05) is 5.69 Å². The molecule has 0 amide bonds. The molecule has 0 spiro atoms. The van der Waals surface area contributed by atoms with Crippen LogP contribution < -0.4 is 5.43 Å². The highest BCUT2D eigenvalue weighted by Crippen LogP contribution is 2.08. The van der Waals surface area contributed by atoms with E-state index in [4.69, 9.17) is 0 Å². The fourth-order valence-electron chi connectivity index (χ4n) is 0.786. The van der Waals surface area contributed by atoms with E-state index in [1.807, 2.05) is 12.3 Å². The van der Waals surface area contributed by atoms with Crippen molar-refractivity contribution in [2.24, 2.45) is 0 Å². The molecule has 5 nitrogen and oxygen atoms in total. The molecule has 1 rings (SSSR count). The first-order valence-corrected chi connectivity index (χ1v) is 3.45.